The van der Waals surface area contributed by atoms with Gasteiger partial charge in [-0.2, -0.15) is 18.2 Å². The van der Waals surface area contributed by atoms with Crippen LogP contribution in [0.3, 0.4) is 0 Å². The predicted molar refractivity (Wildman–Crippen MR) is 65.9 cm³/mol. The molecule has 0 saturated carbocycles. The zero-order chi connectivity index (χ0) is 14.9. The standard InChI is InChI=1S/C12H10F4N4/c1-6-4-10(20-11(17)18-6)19-9-5-7(12(14,15)16)2-3-8(9)13/h2-5H,1H3,(H3,17,18,19,20). The summed E-state index contributed by atoms with van der Waals surface area (Å²) in [4.78, 5) is 7.58. The monoisotopic (exact) mass is 286 g/mol. The van der Waals surface area contributed by atoms with Crippen molar-refractivity contribution < 1.29 is 17.6 Å². The molecule has 3 N–H and O–H groups in total. The summed E-state index contributed by atoms with van der Waals surface area (Å²) in [6.07, 6.45) is -4.55. The van der Waals surface area contributed by atoms with E-state index in [9.17, 15) is 17.6 Å². The number of nitrogens with two attached hydrogens (primary N) is 1. The van der Waals surface area contributed by atoms with Gasteiger partial charge in [0, 0.05) is 11.8 Å². The zero-order valence-corrected chi connectivity index (χ0v) is 10.3. The molecule has 0 atom stereocenters. The topological polar surface area (TPSA) is 63.8 Å². The molecule has 0 aliphatic rings. The Hall–Kier alpha value is -2.38. The highest BCUT2D eigenvalue weighted by molar-refractivity contribution is 5.59. The Morgan fingerprint density at radius 1 is 1.15 bits per heavy atom. The van der Waals surface area contributed by atoms with E-state index in [0.29, 0.717) is 17.8 Å². The van der Waals surface area contributed by atoms with E-state index in [0.717, 1.165) is 6.07 Å². The van der Waals surface area contributed by atoms with Gasteiger partial charge in [0.05, 0.1) is 11.3 Å². The number of anilines is 3. The molecule has 1 heterocycles. The van der Waals surface area contributed by atoms with Crippen molar-refractivity contribution in [2.24, 2.45) is 0 Å². The first-order chi connectivity index (χ1) is 9.25. The minimum atomic E-state index is -4.55. The summed E-state index contributed by atoms with van der Waals surface area (Å²) < 4.78 is 51.3. The van der Waals surface area contributed by atoms with Gasteiger partial charge in [0.1, 0.15) is 11.6 Å². The van der Waals surface area contributed by atoms with Gasteiger partial charge in [0.2, 0.25) is 5.95 Å². The minimum Gasteiger partial charge on any atom is -0.368 e. The largest absolute Gasteiger partial charge is 0.416 e. The third-order valence-electron chi connectivity index (χ3n) is 2.43. The first kappa shape index (κ1) is 14.0. The fourth-order valence-corrected chi connectivity index (χ4v) is 1.59. The summed E-state index contributed by atoms with van der Waals surface area (Å²) >= 11 is 0. The molecule has 106 valence electrons. The SMILES string of the molecule is Cc1cc(Nc2cc(C(F)(F)F)ccc2F)nc(N)n1. The molecule has 1 aromatic heterocycles. The second-order valence-corrected chi connectivity index (χ2v) is 4.07. The Bertz CT molecular complexity index is 620. The first-order valence-corrected chi connectivity index (χ1v) is 5.50. The molecule has 0 saturated heterocycles. The normalized spacial score (nSPS) is 11.4. The number of benzene rings is 1. The molecule has 2 aromatic rings. The maximum atomic E-state index is 13.5. The summed E-state index contributed by atoms with van der Waals surface area (Å²) in [5, 5.41) is 2.46. The Balaban J connectivity index is 2.37. The molecule has 1 aromatic carbocycles. The number of hydrogen-bond donors (Lipinski definition) is 2. The van der Waals surface area contributed by atoms with Crippen LogP contribution in [0.15, 0.2) is 24.3 Å². The second-order valence-electron chi connectivity index (χ2n) is 4.07. The molecule has 0 unspecified atom stereocenters. The number of aromatic nitrogens is 2. The van der Waals surface area contributed by atoms with Gasteiger partial charge in [0.25, 0.3) is 0 Å². The third-order valence-corrected chi connectivity index (χ3v) is 2.43. The molecule has 0 spiro atoms. The van der Waals surface area contributed by atoms with Gasteiger partial charge in [-0.15, -0.1) is 0 Å². The number of rotatable bonds is 2. The Morgan fingerprint density at radius 3 is 2.45 bits per heavy atom. The molecule has 0 amide bonds. The summed E-state index contributed by atoms with van der Waals surface area (Å²) in [6, 6.07) is 3.52. The van der Waals surface area contributed by atoms with Crippen molar-refractivity contribution in [1.82, 2.24) is 9.97 Å². The molecule has 0 aliphatic heterocycles. The average Bonchev–Trinajstić information content (AvgIpc) is 2.29. The van der Waals surface area contributed by atoms with Crippen LogP contribution in [0.2, 0.25) is 0 Å². The van der Waals surface area contributed by atoms with Crippen LogP contribution in [0.4, 0.5) is 35.0 Å². The predicted octanol–water partition coefficient (Wildman–Crippen LogP) is 3.27. The minimum absolute atomic E-state index is 0.0557. The highest BCUT2D eigenvalue weighted by atomic mass is 19.4. The molecular weight excluding hydrogens is 276 g/mol. The van der Waals surface area contributed by atoms with Crippen molar-refractivity contribution in [2.75, 3.05) is 11.1 Å². The van der Waals surface area contributed by atoms with Gasteiger partial charge in [0.15, 0.2) is 0 Å². The lowest BCUT2D eigenvalue weighted by Crippen LogP contribution is -2.07. The van der Waals surface area contributed by atoms with Gasteiger partial charge >= 0.3 is 6.18 Å². The van der Waals surface area contributed by atoms with E-state index in [2.05, 4.69) is 15.3 Å². The lowest BCUT2D eigenvalue weighted by Gasteiger charge is -2.11. The van der Waals surface area contributed by atoms with Crippen LogP contribution in [0.25, 0.3) is 0 Å². The number of nitrogens with zero attached hydrogens (tertiary/aromatic N) is 2. The zero-order valence-electron chi connectivity index (χ0n) is 10.3. The summed E-state index contributed by atoms with van der Waals surface area (Å²) in [5.74, 6) is -0.763. The van der Waals surface area contributed by atoms with Crippen molar-refractivity contribution in [3.63, 3.8) is 0 Å². The van der Waals surface area contributed by atoms with Crippen molar-refractivity contribution in [1.29, 1.82) is 0 Å². The van der Waals surface area contributed by atoms with Gasteiger partial charge in [-0.3, -0.25) is 0 Å². The average molecular weight is 286 g/mol. The summed E-state index contributed by atoms with van der Waals surface area (Å²) in [5.41, 5.74) is 4.63. The van der Waals surface area contributed by atoms with E-state index >= 15 is 0 Å². The maximum Gasteiger partial charge on any atom is 0.416 e. The van der Waals surface area contributed by atoms with Crippen molar-refractivity contribution >= 4 is 17.5 Å². The third kappa shape index (κ3) is 3.14. The van der Waals surface area contributed by atoms with Gasteiger partial charge in [-0.25, -0.2) is 9.37 Å². The maximum absolute atomic E-state index is 13.5. The van der Waals surface area contributed by atoms with E-state index in [1.54, 1.807) is 6.92 Å². The molecule has 0 radical (unpaired) electrons. The van der Waals surface area contributed by atoms with Crippen molar-refractivity contribution in [3.05, 3.63) is 41.3 Å². The lowest BCUT2D eigenvalue weighted by atomic mass is 10.2. The Labute approximate surface area is 111 Å². The molecule has 0 bridgehead atoms. The smallest absolute Gasteiger partial charge is 0.368 e. The van der Waals surface area contributed by atoms with Crippen molar-refractivity contribution in [3.8, 4) is 0 Å². The van der Waals surface area contributed by atoms with Crippen molar-refractivity contribution in [2.45, 2.75) is 13.1 Å². The van der Waals surface area contributed by atoms with E-state index in [4.69, 9.17) is 5.73 Å². The molecular formula is C12H10F4N4. The van der Waals surface area contributed by atoms with E-state index in [1.165, 1.54) is 6.07 Å². The van der Waals surface area contributed by atoms with Gasteiger partial charge < -0.3 is 11.1 Å². The number of hydrogen-bond acceptors (Lipinski definition) is 4. The van der Waals surface area contributed by atoms with E-state index in [1.807, 2.05) is 0 Å². The van der Waals surface area contributed by atoms with Crippen LogP contribution in [0, 0.1) is 12.7 Å². The quantitative estimate of drug-likeness (QED) is 0.832. The Morgan fingerprint density at radius 2 is 1.85 bits per heavy atom. The number of halogens is 4. The highest BCUT2D eigenvalue weighted by Crippen LogP contribution is 2.32. The molecule has 2 rings (SSSR count). The fourth-order valence-electron chi connectivity index (χ4n) is 1.59. The molecule has 0 aliphatic carbocycles. The Kier molecular flexibility index (Phi) is 3.47. The molecule has 0 fully saturated rings. The number of nitrogen functional groups attached to an aromatic ring is 1. The van der Waals surface area contributed by atoms with Crippen LogP contribution in [-0.2, 0) is 6.18 Å². The van der Waals surface area contributed by atoms with E-state index in [-0.39, 0.29) is 17.5 Å². The number of nitrogens with one attached hydrogen (secondary N) is 1. The van der Waals surface area contributed by atoms with Crippen LogP contribution in [0.5, 0.6) is 0 Å². The van der Waals surface area contributed by atoms with Crippen LogP contribution >= 0.6 is 0 Å². The highest BCUT2D eigenvalue weighted by Gasteiger charge is 2.31. The molecule has 8 heteroatoms. The summed E-state index contributed by atoms with van der Waals surface area (Å²) in [6.45, 7) is 1.63. The fraction of sp³-hybridized carbons (Fsp3) is 0.167. The van der Waals surface area contributed by atoms with Gasteiger partial charge in [-0.05, 0) is 25.1 Å². The number of aryl methyl sites for hydroxylation is 1. The molecule has 4 nitrogen and oxygen atoms in total. The van der Waals surface area contributed by atoms with Crippen LogP contribution in [0.1, 0.15) is 11.3 Å². The molecule has 20 heavy (non-hydrogen) atoms. The van der Waals surface area contributed by atoms with Crippen LogP contribution in [-0.4, -0.2) is 9.97 Å². The first-order valence-electron chi connectivity index (χ1n) is 5.50. The second kappa shape index (κ2) is 4.95. The lowest BCUT2D eigenvalue weighted by molar-refractivity contribution is -0.137. The van der Waals surface area contributed by atoms with Gasteiger partial charge in [-0.1, -0.05) is 0 Å². The number of alkyl halides is 3. The van der Waals surface area contributed by atoms with Crippen LogP contribution < -0.4 is 11.1 Å². The summed E-state index contributed by atoms with van der Waals surface area (Å²) in [7, 11) is 0. The van der Waals surface area contributed by atoms with E-state index < -0.39 is 17.6 Å².